The van der Waals surface area contributed by atoms with Gasteiger partial charge in [-0.25, -0.2) is 0 Å². The van der Waals surface area contributed by atoms with Gasteiger partial charge in [0.2, 0.25) is 0 Å². The van der Waals surface area contributed by atoms with Crippen LogP contribution in [0.3, 0.4) is 0 Å². The Hall–Kier alpha value is -1.02. The normalized spacial score (nSPS) is 17.5. The Morgan fingerprint density at radius 2 is 2.00 bits per heavy atom. The third-order valence-corrected chi connectivity index (χ3v) is 3.12. The van der Waals surface area contributed by atoms with Crippen molar-refractivity contribution < 1.29 is 4.74 Å². The third-order valence-electron chi connectivity index (χ3n) is 3.12. The Morgan fingerprint density at radius 3 is 2.53 bits per heavy atom. The second-order valence-electron chi connectivity index (χ2n) is 4.36. The van der Waals surface area contributed by atoms with E-state index in [1.165, 1.54) is 18.4 Å². The van der Waals surface area contributed by atoms with Gasteiger partial charge in [-0.15, -0.1) is 0 Å². The Bertz CT molecular complexity index is 303. The molecule has 0 spiro atoms. The lowest BCUT2D eigenvalue weighted by Crippen LogP contribution is -2.27. The van der Waals surface area contributed by atoms with E-state index in [4.69, 9.17) is 4.74 Å². The summed E-state index contributed by atoms with van der Waals surface area (Å²) in [7, 11) is 1.70. The van der Waals surface area contributed by atoms with Gasteiger partial charge in [-0.05, 0) is 43.4 Å². The van der Waals surface area contributed by atoms with E-state index in [9.17, 15) is 0 Å². The molecule has 1 aromatic rings. The average molecular weight is 205 g/mol. The number of rotatable bonds is 5. The van der Waals surface area contributed by atoms with Gasteiger partial charge in [0, 0.05) is 12.6 Å². The Morgan fingerprint density at radius 1 is 1.33 bits per heavy atom. The molecule has 0 aromatic heterocycles. The fourth-order valence-electron chi connectivity index (χ4n) is 1.79. The van der Waals surface area contributed by atoms with Gasteiger partial charge in [-0.1, -0.05) is 12.1 Å². The molecule has 0 aliphatic heterocycles. The molecule has 2 heteroatoms. The van der Waals surface area contributed by atoms with E-state index < -0.39 is 0 Å². The van der Waals surface area contributed by atoms with Crippen molar-refractivity contribution in [1.29, 1.82) is 0 Å². The zero-order valence-corrected chi connectivity index (χ0v) is 9.49. The van der Waals surface area contributed by atoms with Crippen LogP contribution >= 0.6 is 0 Å². The van der Waals surface area contributed by atoms with Crippen LogP contribution < -0.4 is 10.1 Å². The van der Waals surface area contributed by atoms with Crippen molar-refractivity contribution in [1.82, 2.24) is 5.32 Å². The van der Waals surface area contributed by atoms with E-state index in [1.807, 2.05) is 12.1 Å². The van der Waals surface area contributed by atoms with Crippen LogP contribution in [0.4, 0.5) is 0 Å². The summed E-state index contributed by atoms with van der Waals surface area (Å²) in [6.07, 6.45) is 2.80. The molecule has 1 fully saturated rings. The predicted octanol–water partition coefficient (Wildman–Crippen LogP) is 2.58. The lowest BCUT2D eigenvalue weighted by atomic mass is 10.2. The summed E-state index contributed by atoms with van der Waals surface area (Å²) in [6, 6.07) is 8.92. The van der Waals surface area contributed by atoms with Gasteiger partial charge in [-0.3, -0.25) is 0 Å². The largest absolute Gasteiger partial charge is 0.497 e. The Kier molecular flexibility index (Phi) is 3.27. The summed E-state index contributed by atoms with van der Waals surface area (Å²) in [6.45, 7) is 3.24. The number of benzene rings is 1. The van der Waals surface area contributed by atoms with Crippen molar-refractivity contribution in [2.75, 3.05) is 7.11 Å². The van der Waals surface area contributed by atoms with E-state index in [0.29, 0.717) is 6.04 Å². The second-order valence-corrected chi connectivity index (χ2v) is 4.36. The molecule has 0 heterocycles. The molecule has 82 valence electrons. The second kappa shape index (κ2) is 4.67. The number of ether oxygens (including phenoxy) is 1. The quantitative estimate of drug-likeness (QED) is 0.797. The number of nitrogens with one attached hydrogen (secondary N) is 1. The molecule has 1 N–H and O–H groups in total. The van der Waals surface area contributed by atoms with Crippen molar-refractivity contribution in [3.63, 3.8) is 0 Å². The highest BCUT2D eigenvalue weighted by Crippen LogP contribution is 2.32. The van der Waals surface area contributed by atoms with Crippen LogP contribution in [0.15, 0.2) is 24.3 Å². The van der Waals surface area contributed by atoms with E-state index in [0.717, 1.165) is 18.2 Å². The molecular weight excluding hydrogens is 186 g/mol. The molecule has 1 saturated carbocycles. The molecule has 2 nitrogen and oxygen atoms in total. The summed E-state index contributed by atoms with van der Waals surface area (Å²) in [5.74, 6) is 1.84. The van der Waals surface area contributed by atoms with Gasteiger partial charge >= 0.3 is 0 Å². The maximum atomic E-state index is 5.12. The van der Waals surface area contributed by atoms with Crippen LogP contribution in [0.5, 0.6) is 5.75 Å². The minimum Gasteiger partial charge on any atom is -0.497 e. The lowest BCUT2D eigenvalue weighted by Gasteiger charge is -2.12. The minimum atomic E-state index is 0.659. The molecule has 1 aliphatic carbocycles. The fourth-order valence-corrected chi connectivity index (χ4v) is 1.79. The first-order valence-electron chi connectivity index (χ1n) is 5.66. The monoisotopic (exact) mass is 205 g/mol. The van der Waals surface area contributed by atoms with Crippen LogP contribution in [0.2, 0.25) is 0 Å². The van der Waals surface area contributed by atoms with E-state index in [-0.39, 0.29) is 0 Å². The van der Waals surface area contributed by atoms with Gasteiger partial charge in [-0.2, -0.15) is 0 Å². The molecule has 15 heavy (non-hydrogen) atoms. The zero-order chi connectivity index (χ0) is 10.7. The predicted molar refractivity (Wildman–Crippen MR) is 62.0 cm³/mol. The van der Waals surface area contributed by atoms with Gasteiger partial charge < -0.3 is 10.1 Å². The van der Waals surface area contributed by atoms with Crippen LogP contribution in [-0.4, -0.2) is 13.2 Å². The highest BCUT2D eigenvalue weighted by atomic mass is 16.5. The average Bonchev–Trinajstić information content (AvgIpc) is 3.10. The molecule has 0 amide bonds. The zero-order valence-electron chi connectivity index (χ0n) is 9.49. The highest BCUT2D eigenvalue weighted by Gasteiger charge is 2.27. The van der Waals surface area contributed by atoms with Crippen molar-refractivity contribution in [2.24, 2.45) is 5.92 Å². The molecule has 0 radical (unpaired) electrons. The SMILES string of the molecule is COc1ccc(CN[C@H](C)C2CC2)cc1. The molecule has 0 unspecified atom stereocenters. The Labute approximate surface area is 91.6 Å². The standard InChI is InChI=1S/C13H19NO/c1-10(12-5-6-12)14-9-11-3-7-13(15-2)8-4-11/h3-4,7-8,10,12,14H,5-6,9H2,1-2H3/t10-/m1/s1. The van der Waals surface area contributed by atoms with Gasteiger partial charge in [0.25, 0.3) is 0 Å². The van der Waals surface area contributed by atoms with Crippen molar-refractivity contribution in [3.8, 4) is 5.75 Å². The first kappa shape index (κ1) is 10.5. The Balaban J connectivity index is 1.81. The summed E-state index contributed by atoms with van der Waals surface area (Å²) in [5, 5.41) is 3.56. The maximum Gasteiger partial charge on any atom is 0.118 e. The number of methoxy groups -OCH3 is 1. The minimum absolute atomic E-state index is 0.659. The van der Waals surface area contributed by atoms with Gasteiger partial charge in [0.15, 0.2) is 0 Å². The van der Waals surface area contributed by atoms with Crippen molar-refractivity contribution >= 4 is 0 Å². The molecule has 0 saturated heterocycles. The van der Waals surface area contributed by atoms with E-state index in [2.05, 4.69) is 24.4 Å². The molecule has 1 aliphatic rings. The van der Waals surface area contributed by atoms with E-state index in [1.54, 1.807) is 7.11 Å². The summed E-state index contributed by atoms with van der Waals surface area (Å²) in [5.41, 5.74) is 1.32. The van der Waals surface area contributed by atoms with Crippen LogP contribution in [-0.2, 0) is 6.54 Å². The molecule has 2 rings (SSSR count). The van der Waals surface area contributed by atoms with E-state index >= 15 is 0 Å². The lowest BCUT2D eigenvalue weighted by molar-refractivity contribution is 0.414. The van der Waals surface area contributed by atoms with Crippen LogP contribution in [0, 0.1) is 5.92 Å². The molecule has 1 atom stereocenters. The number of hydrogen-bond acceptors (Lipinski definition) is 2. The summed E-state index contributed by atoms with van der Waals surface area (Å²) in [4.78, 5) is 0. The maximum absolute atomic E-state index is 5.12. The molecule has 1 aromatic carbocycles. The van der Waals surface area contributed by atoms with Gasteiger partial charge in [0.1, 0.15) is 5.75 Å². The molecule has 0 bridgehead atoms. The topological polar surface area (TPSA) is 21.3 Å². The smallest absolute Gasteiger partial charge is 0.118 e. The first-order chi connectivity index (χ1) is 7.29. The van der Waals surface area contributed by atoms with Crippen molar-refractivity contribution in [2.45, 2.75) is 32.4 Å². The summed E-state index contributed by atoms with van der Waals surface area (Å²) < 4.78 is 5.12. The van der Waals surface area contributed by atoms with Crippen LogP contribution in [0.1, 0.15) is 25.3 Å². The summed E-state index contributed by atoms with van der Waals surface area (Å²) >= 11 is 0. The molecular formula is C13H19NO. The van der Waals surface area contributed by atoms with Crippen LogP contribution in [0.25, 0.3) is 0 Å². The number of hydrogen-bond donors (Lipinski definition) is 1. The fraction of sp³-hybridized carbons (Fsp3) is 0.538. The highest BCUT2D eigenvalue weighted by molar-refractivity contribution is 5.27. The first-order valence-corrected chi connectivity index (χ1v) is 5.66. The van der Waals surface area contributed by atoms with Crippen molar-refractivity contribution in [3.05, 3.63) is 29.8 Å². The third kappa shape index (κ3) is 2.96. The van der Waals surface area contributed by atoms with Gasteiger partial charge in [0.05, 0.1) is 7.11 Å².